The molecule has 1 aliphatic heterocycles. The minimum Gasteiger partial charge on any atom is -0.370 e. The van der Waals surface area contributed by atoms with Crippen LogP contribution in [-0.2, 0) is 18.9 Å². The normalized spacial score (nSPS) is 16.3. The Morgan fingerprint density at radius 1 is 1.08 bits per heavy atom. The Bertz CT molecular complexity index is 878. The number of amides is 1. The van der Waals surface area contributed by atoms with E-state index in [2.05, 4.69) is 26.1 Å². The molecule has 0 aliphatic carbocycles. The first-order valence-corrected chi connectivity index (χ1v) is 10.1. The molecule has 1 atom stereocenters. The Labute approximate surface area is 162 Å². The summed E-state index contributed by atoms with van der Waals surface area (Å²) in [6.07, 6.45) is 3.53. The van der Waals surface area contributed by atoms with E-state index in [1.54, 1.807) is 23.2 Å². The van der Waals surface area contributed by atoms with Crippen molar-refractivity contribution in [3.8, 4) is 0 Å². The molecule has 1 aromatic heterocycles. The van der Waals surface area contributed by atoms with Crippen LogP contribution >= 0.6 is 15.9 Å². The number of piperidine rings is 1. The number of anilines is 2. The maximum atomic E-state index is 12.6. The molecule has 142 valence electrons. The molecule has 3 rings (SSSR count). The van der Waals surface area contributed by atoms with Gasteiger partial charge in [-0.3, -0.25) is 13.9 Å². The second-order valence-electron chi connectivity index (χ2n) is 7.44. The Kier molecular flexibility index (Phi) is 5.46. The second-order valence-corrected chi connectivity index (χ2v) is 8.43. The van der Waals surface area contributed by atoms with Crippen LogP contribution in [0.25, 0.3) is 11.0 Å². The van der Waals surface area contributed by atoms with Crippen LogP contribution in [0.15, 0.2) is 16.9 Å². The van der Waals surface area contributed by atoms with E-state index in [4.69, 9.17) is 0 Å². The van der Waals surface area contributed by atoms with Crippen molar-refractivity contribution in [2.75, 3.05) is 23.3 Å². The van der Waals surface area contributed by atoms with Crippen LogP contribution in [0.2, 0.25) is 0 Å². The van der Waals surface area contributed by atoms with Crippen LogP contribution in [-0.4, -0.2) is 33.0 Å². The lowest BCUT2D eigenvalue weighted by atomic mass is 10.1. The molecule has 2 aromatic rings. The van der Waals surface area contributed by atoms with E-state index < -0.39 is 0 Å². The molecule has 6 nitrogen and oxygen atoms in total. The van der Waals surface area contributed by atoms with Gasteiger partial charge in [-0.2, -0.15) is 0 Å². The van der Waals surface area contributed by atoms with Gasteiger partial charge in [0.25, 0.3) is 0 Å². The van der Waals surface area contributed by atoms with Gasteiger partial charge in [0.1, 0.15) is 0 Å². The van der Waals surface area contributed by atoms with Crippen molar-refractivity contribution in [3.05, 3.63) is 22.6 Å². The number of hydrogen-bond acceptors (Lipinski definition) is 3. The number of hydrogen-bond donors (Lipinski definition) is 1. The van der Waals surface area contributed by atoms with Crippen molar-refractivity contribution in [2.24, 2.45) is 20.0 Å². The maximum Gasteiger partial charge on any atom is 0.328 e. The number of aryl methyl sites for hydroxylation is 2. The summed E-state index contributed by atoms with van der Waals surface area (Å²) in [4.78, 5) is 27.0. The van der Waals surface area contributed by atoms with Gasteiger partial charge in [-0.15, -0.1) is 0 Å². The number of rotatable bonds is 4. The van der Waals surface area contributed by atoms with E-state index in [0.29, 0.717) is 0 Å². The third kappa shape index (κ3) is 3.41. The van der Waals surface area contributed by atoms with Crippen LogP contribution < -0.4 is 15.9 Å². The number of benzene rings is 1. The first-order chi connectivity index (χ1) is 12.3. The van der Waals surface area contributed by atoms with Gasteiger partial charge in [0.15, 0.2) is 0 Å². The van der Waals surface area contributed by atoms with E-state index in [0.717, 1.165) is 48.3 Å². The number of alkyl halides is 1. The zero-order valence-corrected chi connectivity index (χ0v) is 17.5. The minimum atomic E-state index is -0.257. The molecule has 1 fully saturated rings. The Morgan fingerprint density at radius 3 is 2.23 bits per heavy atom. The molecule has 2 heterocycles. The number of fused-ring (bicyclic) bond motifs is 1. The first kappa shape index (κ1) is 19.0. The monoisotopic (exact) mass is 422 g/mol. The van der Waals surface area contributed by atoms with E-state index in [-0.39, 0.29) is 22.3 Å². The van der Waals surface area contributed by atoms with Crippen molar-refractivity contribution in [1.82, 2.24) is 9.13 Å². The molecule has 1 amide bonds. The molecule has 1 saturated heterocycles. The highest BCUT2D eigenvalue weighted by Crippen LogP contribution is 2.33. The van der Waals surface area contributed by atoms with E-state index in [9.17, 15) is 9.59 Å². The summed E-state index contributed by atoms with van der Waals surface area (Å²) < 4.78 is 3.29. The average Bonchev–Trinajstić information content (AvgIpc) is 2.85. The number of nitrogens with zero attached hydrogens (tertiary/aromatic N) is 3. The lowest BCUT2D eigenvalue weighted by molar-refractivity contribution is -0.116. The number of imidazole rings is 1. The van der Waals surface area contributed by atoms with Crippen LogP contribution in [0, 0.1) is 5.92 Å². The summed E-state index contributed by atoms with van der Waals surface area (Å²) in [6.45, 7) is 5.96. The van der Waals surface area contributed by atoms with Crippen molar-refractivity contribution < 1.29 is 4.79 Å². The topological polar surface area (TPSA) is 59.3 Å². The van der Waals surface area contributed by atoms with Crippen molar-refractivity contribution in [3.63, 3.8) is 0 Å². The number of carbonyl (C=O) groups excluding carboxylic acids is 1. The predicted octanol–water partition coefficient (Wildman–Crippen LogP) is 3.23. The van der Waals surface area contributed by atoms with Gasteiger partial charge in [0, 0.05) is 27.2 Å². The highest BCUT2D eigenvalue weighted by atomic mass is 79.9. The summed E-state index contributed by atoms with van der Waals surface area (Å²) in [5, 5.41) is 3.08. The smallest absolute Gasteiger partial charge is 0.328 e. The Balaban J connectivity index is 2.10. The zero-order chi connectivity index (χ0) is 19.0. The lowest BCUT2D eigenvalue weighted by Gasteiger charge is -2.31. The fourth-order valence-electron chi connectivity index (χ4n) is 3.54. The predicted molar refractivity (Wildman–Crippen MR) is 110 cm³/mol. The summed E-state index contributed by atoms with van der Waals surface area (Å²) in [5.41, 5.74) is 3.42. The molecule has 26 heavy (non-hydrogen) atoms. The van der Waals surface area contributed by atoms with Gasteiger partial charge in [0.2, 0.25) is 5.91 Å². The molecular formula is C19H27BrN4O2. The molecule has 0 unspecified atom stereocenters. The van der Waals surface area contributed by atoms with Gasteiger partial charge in [-0.1, -0.05) is 29.8 Å². The zero-order valence-electron chi connectivity index (χ0n) is 15.9. The standard InChI is InChI=1S/C19H27BrN4O2/c1-12(2)17(20)18(25)21-13-10-15-16(23(4)19(26)22(15)3)11-14(13)24-8-6-5-7-9-24/h10-12,17H,5-9H2,1-4H3,(H,21,25)/t17-/m0/s1. The van der Waals surface area contributed by atoms with E-state index in [1.165, 1.54) is 6.42 Å². The van der Waals surface area contributed by atoms with Crippen LogP contribution in [0.3, 0.4) is 0 Å². The SMILES string of the molecule is CC(C)[C@H](Br)C(=O)Nc1cc2c(cc1N1CCCCC1)n(C)c(=O)n2C. The van der Waals surface area contributed by atoms with Gasteiger partial charge in [0.05, 0.1) is 27.2 Å². The third-order valence-electron chi connectivity index (χ3n) is 5.18. The van der Waals surface area contributed by atoms with Gasteiger partial charge < -0.3 is 10.2 Å². The molecular weight excluding hydrogens is 396 g/mol. The molecule has 0 bridgehead atoms. The quantitative estimate of drug-likeness (QED) is 0.769. The van der Waals surface area contributed by atoms with Gasteiger partial charge in [-0.05, 0) is 37.3 Å². The number of carbonyl (C=O) groups is 1. The van der Waals surface area contributed by atoms with Gasteiger partial charge >= 0.3 is 5.69 Å². The fraction of sp³-hybridized carbons (Fsp3) is 0.579. The number of halogens is 1. The van der Waals surface area contributed by atoms with E-state index >= 15 is 0 Å². The number of nitrogens with one attached hydrogen (secondary N) is 1. The summed E-state index contributed by atoms with van der Waals surface area (Å²) in [6, 6.07) is 3.97. The molecule has 1 N–H and O–H groups in total. The fourth-order valence-corrected chi connectivity index (χ4v) is 3.65. The number of aromatic nitrogens is 2. The van der Waals surface area contributed by atoms with Crippen molar-refractivity contribution >= 4 is 44.2 Å². The second kappa shape index (κ2) is 7.47. The Hall–Kier alpha value is -1.76. The molecule has 1 aromatic carbocycles. The van der Waals surface area contributed by atoms with Gasteiger partial charge in [-0.25, -0.2) is 4.79 Å². The third-order valence-corrected chi connectivity index (χ3v) is 6.65. The lowest BCUT2D eigenvalue weighted by Crippen LogP contribution is -2.32. The maximum absolute atomic E-state index is 12.6. The summed E-state index contributed by atoms with van der Waals surface area (Å²) >= 11 is 3.48. The minimum absolute atomic E-state index is 0.0569. The summed E-state index contributed by atoms with van der Waals surface area (Å²) in [7, 11) is 3.55. The van der Waals surface area contributed by atoms with Crippen molar-refractivity contribution in [2.45, 2.75) is 37.9 Å². The largest absolute Gasteiger partial charge is 0.370 e. The Morgan fingerprint density at radius 2 is 1.65 bits per heavy atom. The molecule has 7 heteroatoms. The molecule has 1 aliphatic rings. The van der Waals surface area contributed by atoms with Crippen LogP contribution in [0.4, 0.5) is 11.4 Å². The summed E-state index contributed by atoms with van der Waals surface area (Å²) in [5.74, 6) is 0.136. The average molecular weight is 423 g/mol. The van der Waals surface area contributed by atoms with Crippen LogP contribution in [0.1, 0.15) is 33.1 Å². The van der Waals surface area contributed by atoms with Crippen LogP contribution in [0.5, 0.6) is 0 Å². The molecule has 0 spiro atoms. The molecule has 0 radical (unpaired) electrons. The van der Waals surface area contributed by atoms with Crippen molar-refractivity contribution in [1.29, 1.82) is 0 Å². The highest BCUT2D eigenvalue weighted by Gasteiger charge is 2.23. The highest BCUT2D eigenvalue weighted by molar-refractivity contribution is 9.10. The van der Waals surface area contributed by atoms with E-state index in [1.807, 2.05) is 26.0 Å². The molecule has 0 saturated carbocycles. The first-order valence-electron chi connectivity index (χ1n) is 9.20.